The van der Waals surface area contributed by atoms with Gasteiger partial charge in [-0.2, -0.15) is 0 Å². The van der Waals surface area contributed by atoms with E-state index in [-0.39, 0.29) is 23.0 Å². The summed E-state index contributed by atoms with van der Waals surface area (Å²) in [5, 5.41) is 20.9. The van der Waals surface area contributed by atoms with Crippen LogP contribution in [0.15, 0.2) is 0 Å². The molecule has 6 nitrogen and oxygen atoms in total. The van der Waals surface area contributed by atoms with Crippen molar-refractivity contribution in [2.75, 3.05) is 19.7 Å². The molecule has 0 amide bonds. The lowest BCUT2D eigenvalue weighted by Gasteiger charge is -2.45. The van der Waals surface area contributed by atoms with Gasteiger partial charge in [0.25, 0.3) is 0 Å². The Balaban J connectivity index is 1.57. The number of likely N-dealkylation sites (tertiary alicyclic amines) is 1. The number of Topliss-reactive ketones (excluding diaryl/α,β-unsaturated/α-hetero) is 1. The molecule has 0 aromatic heterocycles. The highest BCUT2D eigenvalue weighted by Gasteiger charge is 2.38. The molecule has 0 spiro atoms. The van der Waals surface area contributed by atoms with E-state index in [0.717, 1.165) is 18.9 Å². The Labute approximate surface area is 151 Å². The van der Waals surface area contributed by atoms with Crippen molar-refractivity contribution in [2.45, 2.75) is 82.9 Å². The lowest BCUT2D eigenvalue weighted by Crippen LogP contribution is -2.51. The summed E-state index contributed by atoms with van der Waals surface area (Å²) in [7, 11) is 0. The maximum Gasteiger partial charge on any atom is 0.149 e. The molecule has 1 N–H and O–H groups in total. The third kappa shape index (κ3) is 4.61. The molecule has 5 atom stereocenters. The van der Waals surface area contributed by atoms with E-state index in [0.29, 0.717) is 32.0 Å². The van der Waals surface area contributed by atoms with Crippen LogP contribution in [0.5, 0.6) is 0 Å². The van der Waals surface area contributed by atoms with Gasteiger partial charge in [-0.15, -0.1) is 0 Å². The van der Waals surface area contributed by atoms with Gasteiger partial charge in [0.15, 0.2) is 0 Å². The maximum atomic E-state index is 12.9. The highest BCUT2D eigenvalue weighted by atomic mass is 16.8. The molecular formula is C19H33N2O4-. The van der Waals surface area contributed by atoms with Gasteiger partial charge in [-0.3, -0.25) is 14.9 Å². The largest absolute Gasteiger partial charge is 0.762 e. The van der Waals surface area contributed by atoms with Gasteiger partial charge < -0.3 is 15.2 Å². The first-order chi connectivity index (χ1) is 12.1. The summed E-state index contributed by atoms with van der Waals surface area (Å²) in [6.45, 7) is 3.95. The van der Waals surface area contributed by atoms with E-state index in [1.807, 2.05) is 6.92 Å². The molecular weight excluding hydrogens is 320 g/mol. The average Bonchev–Trinajstić information content (AvgIpc) is 2.62. The van der Waals surface area contributed by atoms with Crippen LogP contribution in [0.4, 0.5) is 0 Å². The summed E-state index contributed by atoms with van der Waals surface area (Å²) in [6, 6.07) is -0.0395. The van der Waals surface area contributed by atoms with E-state index < -0.39 is 6.04 Å². The number of piperidine rings is 1. The summed E-state index contributed by atoms with van der Waals surface area (Å²) in [5.74, 6) is 0.883. The van der Waals surface area contributed by atoms with Gasteiger partial charge in [0.1, 0.15) is 5.78 Å². The number of carbonyl (C=O) groups is 1. The third-order valence-corrected chi connectivity index (χ3v) is 6.59. The second kappa shape index (κ2) is 8.91. The molecule has 1 heterocycles. The number of hydroxylamine groups is 2. The third-order valence-electron chi connectivity index (χ3n) is 6.59. The molecule has 3 rings (SSSR count). The smallest absolute Gasteiger partial charge is 0.149 e. The average molecular weight is 353 g/mol. The molecule has 25 heavy (non-hydrogen) atoms. The van der Waals surface area contributed by atoms with E-state index in [9.17, 15) is 15.2 Å². The summed E-state index contributed by atoms with van der Waals surface area (Å²) in [4.78, 5) is 15.3. The molecule has 2 saturated carbocycles. The first-order valence-corrected chi connectivity index (χ1v) is 10.1. The molecule has 0 bridgehead atoms. The Hall–Kier alpha value is -0.530. The van der Waals surface area contributed by atoms with Gasteiger partial charge in [0.05, 0.1) is 12.6 Å². The summed E-state index contributed by atoms with van der Waals surface area (Å²) in [5.41, 5.74) is 0. The Kier molecular flexibility index (Phi) is 6.86. The molecule has 3 aliphatic rings. The van der Waals surface area contributed by atoms with Crippen LogP contribution in [-0.2, 0) is 9.53 Å². The number of nitrogens with zero attached hydrogens (tertiary/aromatic N) is 2. The molecule has 1 aliphatic heterocycles. The van der Waals surface area contributed by atoms with Crippen molar-refractivity contribution in [3.8, 4) is 0 Å². The van der Waals surface area contributed by atoms with Crippen LogP contribution in [0, 0.1) is 17.0 Å². The Morgan fingerprint density at radius 2 is 1.96 bits per heavy atom. The number of ether oxygens (including phenoxy) is 1. The lowest BCUT2D eigenvalue weighted by atomic mass is 9.77. The predicted octanol–water partition coefficient (Wildman–Crippen LogP) is 2.97. The first kappa shape index (κ1) is 19.2. The van der Waals surface area contributed by atoms with Crippen molar-refractivity contribution < 1.29 is 14.7 Å². The monoisotopic (exact) mass is 353 g/mol. The van der Waals surface area contributed by atoms with Gasteiger partial charge >= 0.3 is 0 Å². The van der Waals surface area contributed by atoms with Crippen LogP contribution >= 0.6 is 0 Å². The highest BCUT2D eigenvalue weighted by molar-refractivity contribution is 5.83. The number of fused-ring (bicyclic) bond motifs is 1. The summed E-state index contributed by atoms with van der Waals surface area (Å²) in [6.07, 6.45) is 9.22. The van der Waals surface area contributed by atoms with Crippen LogP contribution in [0.25, 0.3) is 0 Å². The molecule has 2 aliphatic carbocycles. The van der Waals surface area contributed by atoms with Crippen molar-refractivity contribution in [3.05, 3.63) is 5.21 Å². The van der Waals surface area contributed by atoms with Crippen LogP contribution in [0.3, 0.4) is 0 Å². The molecule has 5 unspecified atom stereocenters. The van der Waals surface area contributed by atoms with Gasteiger partial charge in [0.2, 0.25) is 0 Å². The summed E-state index contributed by atoms with van der Waals surface area (Å²) < 4.78 is 5.58. The predicted molar refractivity (Wildman–Crippen MR) is 95.1 cm³/mol. The van der Waals surface area contributed by atoms with E-state index in [2.05, 4.69) is 4.90 Å². The molecule has 0 aromatic carbocycles. The molecule has 0 radical (unpaired) electrons. The van der Waals surface area contributed by atoms with Crippen molar-refractivity contribution in [3.63, 3.8) is 0 Å². The van der Waals surface area contributed by atoms with Gasteiger partial charge in [-0.05, 0) is 64.3 Å². The van der Waals surface area contributed by atoms with Crippen molar-refractivity contribution >= 4 is 5.78 Å². The number of hydrogen-bond donors (Lipinski definition) is 1. The summed E-state index contributed by atoms with van der Waals surface area (Å²) >= 11 is 0. The maximum absolute atomic E-state index is 12.9. The zero-order chi connectivity index (χ0) is 17.8. The number of carbonyl (C=O) groups excluding carboxylic acids is 1. The van der Waals surface area contributed by atoms with Crippen molar-refractivity contribution in [1.29, 1.82) is 0 Å². The van der Waals surface area contributed by atoms with E-state index in [1.54, 1.807) is 0 Å². The van der Waals surface area contributed by atoms with Crippen LogP contribution < -0.4 is 0 Å². The molecule has 6 heteroatoms. The Bertz CT molecular complexity index is 443. The zero-order valence-electron chi connectivity index (χ0n) is 15.4. The van der Waals surface area contributed by atoms with Crippen molar-refractivity contribution in [1.82, 2.24) is 10.1 Å². The van der Waals surface area contributed by atoms with Crippen LogP contribution in [-0.4, -0.2) is 59.0 Å². The number of ketones is 1. The quantitative estimate of drug-likeness (QED) is 0.740. The molecule has 0 aromatic rings. The van der Waals surface area contributed by atoms with E-state index in [1.165, 1.54) is 38.5 Å². The van der Waals surface area contributed by atoms with Crippen molar-refractivity contribution in [2.24, 2.45) is 11.8 Å². The van der Waals surface area contributed by atoms with Crippen LogP contribution in [0.1, 0.15) is 64.7 Å². The van der Waals surface area contributed by atoms with Gasteiger partial charge in [-0.1, -0.05) is 12.8 Å². The highest BCUT2D eigenvalue weighted by Crippen LogP contribution is 2.36. The molecule has 3 fully saturated rings. The van der Waals surface area contributed by atoms with Gasteiger partial charge in [-0.25, -0.2) is 0 Å². The Morgan fingerprint density at radius 1 is 1.20 bits per heavy atom. The minimum atomic E-state index is -0.619. The second-order valence-corrected chi connectivity index (χ2v) is 8.06. The topological polar surface area (TPSA) is 76.1 Å². The normalized spacial score (nSPS) is 37.0. The van der Waals surface area contributed by atoms with E-state index >= 15 is 0 Å². The fourth-order valence-electron chi connectivity index (χ4n) is 5.31. The lowest BCUT2D eigenvalue weighted by molar-refractivity contribution is -0.152. The van der Waals surface area contributed by atoms with E-state index in [4.69, 9.17) is 4.74 Å². The number of rotatable bonds is 6. The zero-order valence-corrected chi connectivity index (χ0v) is 15.4. The SMILES string of the molecule is CCOC1CCC(C(=O)CN2CCCC3CCCCC32)CC1N([O-])O. The first-order valence-electron chi connectivity index (χ1n) is 10.1. The minimum absolute atomic E-state index is 0.0117. The minimum Gasteiger partial charge on any atom is -0.762 e. The molecule has 144 valence electrons. The fraction of sp³-hybridized carbons (Fsp3) is 0.947. The van der Waals surface area contributed by atoms with Crippen LogP contribution in [0.2, 0.25) is 0 Å². The van der Waals surface area contributed by atoms with Gasteiger partial charge in [0, 0.05) is 24.6 Å². The second-order valence-electron chi connectivity index (χ2n) is 8.06. The number of hydrogen-bond acceptors (Lipinski definition) is 6. The molecule has 1 saturated heterocycles. The Morgan fingerprint density at radius 3 is 2.72 bits per heavy atom. The fourth-order valence-corrected chi connectivity index (χ4v) is 5.31. The standard InChI is InChI=1S/C19H33N2O4/c1-2-25-19-10-9-15(12-17(19)21(23)24)18(22)13-20-11-5-7-14-6-3-4-8-16(14)20/h14-17,19,23H,2-13H2,1H3/q-1.